The van der Waals surface area contributed by atoms with Gasteiger partial charge in [0.05, 0.1) is 6.04 Å². The molecule has 1 aromatic carbocycles. The van der Waals surface area contributed by atoms with Crippen LogP contribution in [0, 0.1) is 0 Å². The Morgan fingerprint density at radius 3 is 3.00 bits per heavy atom. The number of nitrogens with zero attached hydrogens (tertiary/aromatic N) is 1. The van der Waals surface area contributed by atoms with Gasteiger partial charge in [-0.2, -0.15) is 0 Å². The van der Waals surface area contributed by atoms with Crippen molar-refractivity contribution in [3.05, 3.63) is 34.9 Å². The third kappa shape index (κ3) is 4.15. The standard InChI is InChI=1S/C14H17ClN2O2S/c1-10(11-3-2-4-12(15)9-11)16-13(18)5-6-17-7-8-20-14(17)19/h2-4,9-10H,5-8H2,1H3,(H,16,18). The largest absolute Gasteiger partial charge is 0.350 e. The topological polar surface area (TPSA) is 49.4 Å². The van der Waals surface area contributed by atoms with Crippen molar-refractivity contribution in [1.82, 2.24) is 10.2 Å². The number of hydrogen-bond donors (Lipinski definition) is 1. The molecule has 2 amide bonds. The molecular formula is C14H17ClN2O2S. The van der Waals surface area contributed by atoms with E-state index in [1.807, 2.05) is 25.1 Å². The zero-order valence-electron chi connectivity index (χ0n) is 11.3. The fourth-order valence-electron chi connectivity index (χ4n) is 2.04. The molecule has 2 rings (SSSR count). The summed E-state index contributed by atoms with van der Waals surface area (Å²) in [6.07, 6.45) is 0.331. The smallest absolute Gasteiger partial charge is 0.281 e. The Hall–Kier alpha value is -1.20. The molecular weight excluding hydrogens is 296 g/mol. The third-order valence-corrected chi connectivity index (χ3v) is 4.31. The first-order chi connectivity index (χ1) is 9.56. The predicted molar refractivity (Wildman–Crippen MR) is 82.1 cm³/mol. The van der Waals surface area contributed by atoms with Crippen LogP contribution in [-0.2, 0) is 4.79 Å². The molecule has 0 aliphatic carbocycles. The summed E-state index contributed by atoms with van der Waals surface area (Å²) in [4.78, 5) is 25.0. The van der Waals surface area contributed by atoms with E-state index in [4.69, 9.17) is 11.6 Å². The number of rotatable bonds is 5. The van der Waals surface area contributed by atoms with Gasteiger partial charge in [0.25, 0.3) is 5.24 Å². The summed E-state index contributed by atoms with van der Waals surface area (Å²) in [6.45, 7) is 3.14. The van der Waals surface area contributed by atoms with Crippen molar-refractivity contribution in [2.75, 3.05) is 18.8 Å². The second-order valence-electron chi connectivity index (χ2n) is 4.70. The van der Waals surface area contributed by atoms with Crippen LogP contribution in [0.15, 0.2) is 24.3 Å². The second kappa shape index (κ2) is 6.99. The van der Waals surface area contributed by atoms with Crippen molar-refractivity contribution >= 4 is 34.5 Å². The van der Waals surface area contributed by atoms with Crippen LogP contribution in [0.5, 0.6) is 0 Å². The Bertz CT molecular complexity index is 510. The molecule has 4 nitrogen and oxygen atoms in total. The summed E-state index contributed by atoms with van der Waals surface area (Å²) in [5.74, 6) is 0.765. The quantitative estimate of drug-likeness (QED) is 0.909. The van der Waals surface area contributed by atoms with E-state index in [9.17, 15) is 9.59 Å². The molecule has 1 aliphatic heterocycles. The summed E-state index contributed by atoms with van der Waals surface area (Å²) < 4.78 is 0. The van der Waals surface area contributed by atoms with E-state index >= 15 is 0 Å². The summed E-state index contributed by atoms with van der Waals surface area (Å²) in [5.41, 5.74) is 0.971. The minimum Gasteiger partial charge on any atom is -0.350 e. The molecule has 6 heteroatoms. The van der Waals surface area contributed by atoms with Gasteiger partial charge in [-0.05, 0) is 24.6 Å². The average molecular weight is 313 g/mol. The SMILES string of the molecule is CC(NC(=O)CCN1CCSC1=O)c1cccc(Cl)c1. The van der Waals surface area contributed by atoms with Crippen molar-refractivity contribution in [2.45, 2.75) is 19.4 Å². The van der Waals surface area contributed by atoms with Crippen molar-refractivity contribution in [3.8, 4) is 0 Å². The Morgan fingerprint density at radius 2 is 2.35 bits per heavy atom. The van der Waals surface area contributed by atoms with Gasteiger partial charge >= 0.3 is 0 Å². The first kappa shape index (κ1) is 15.2. The van der Waals surface area contributed by atoms with Crippen LogP contribution in [0.4, 0.5) is 4.79 Å². The molecule has 108 valence electrons. The molecule has 1 fully saturated rings. The van der Waals surface area contributed by atoms with E-state index < -0.39 is 0 Å². The minimum atomic E-state index is -0.0927. The van der Waals surface area contributed by atoms with Crippen molar-refractivity contribution in [3.63, 3.8) is 0 Å². The molecule has 0 aromatic heterocycles. The number of nitrogens with one attached hydrogen (secondary N) is 1. The lowest BCUT2D eigenvalue weighted by molar-refractivity contribution is -0.121. The lowest BCUT2D eigenvalue weighted by Crippen LogP contribution is -2.32. The highest BCUT2D eigenvalue weighted by molar-refractivity contribution is 8.13. The number of carbonyl (C=O) groups is 2. The fraction of sp³-hybridized carbons (Fsp3) is 0.429. The molecule has 1 unspecified atom stereocenters. The Kier molecular flexibility index (Phi) is 5.31. The second-order valence-corrected chi connectivity index (χ2v) is 6.18. The molecule has 0 spiro atoms. The molecule has 1 aromatic rings. The minimum absolute atomic E-state index is 0.0535. The molecule has 1 N–H and O–H groups in total. The van der Waals surface area contributed by atoms with E-state index in [1.165, 1.54) is 11.8 Å². The van der Waals surface area contributed by atoms with Gasteiger partial charge in [0.2, 0.25) is 5.91 Å². The van der Waals surface area contributed by atoms with Gasteiger partial charge in [0.15, 0.2) is 0 Å². The zero-order chi connectivity index (χ0) is 14.5. The van der Waals surface area contributed by atoms with E-state index in [2.05, 4.69) is 5.32 Å². The Balaban J connectivity index is 1.80. The van der Waals surface area contributed by atoms with Gasteiger partial charge in [-0.15, -0.1) is 0 Å². The van der Waals surface area contributed by atoms with Gasteiger partial charge in [-0.3, -0.25) is 9.59 Å². The van der Waals surface area contributed by atoms with Gasteiger partial charge in [-0.1, -0.05) is 35.5 Å². The van der Waals surface area contributed by atoms with E-state index in [-0.39, 0.29) is 17.2 Å². The van der Waals surface area contributed by atoms with Crippen molar-refractivity contribution in [1.29, 1.82) is 0 Å². The number of benzene rings is 1. The van der Waals surface area contributed by atoms with E-state index in [0.29, 0.717) is 18.0 Å². The van der Waals surface area contributed by atoms with Gasteiger partial charge in [-0.25, -0.2) is 0 Å². The first-order valence-corrected chi connectivity index (χ1v) is 7.89. The molecule has 0 saturated carbocycles. The maximum atomic E-state index is 11.9. The van der Waals surface area contributed by atoms with Crippen LogP contribution in [0.3, 0.4) is 0 Å². The van der Waals surface area contributed by atoms with Crippen LogP contribution >= 0.6 is 23.4 Å². The first-order valence-electron chi connectivity index (χ1n) is 6.53. The summed E-state index contributed by atoms with van der Waals surface area (Å²) in [5, 5.41) is 3.65. The normalized spacial score (nSPS) is 16.3. The number of thioether (sulfide) groups is 1. The van der Waals surface area contributed by atoms with Crippen LogP contribution in [0.25, 0.3) is 0 Å². The molecule has 1 atom stereocenters. The number of carbonyl (C=O) groups excluding carboxylic acids is 2. The molecule has 1 aliphatic rings. The van der Waals surface area contributed by atoms with Crippen LogP contribution < -0.4 is 5.32 Å². The van der Waals surface area contributed by atoms with E-state index in [0.717, 1.165) is 17.9 Å². The predicted octanol–water partition coefficient (Wildman–Crippen LogP) is 3.08. The number of hydrogen-bond acceptors (Lipinski definition) is 3. The Labute approximate surface area is 127 Å². The average Bonchev–Trinajstić information content (AvgIpc) is 2.82. The molecule has 0 bridgehead atoms. The lowest BCUT2D eigenvalue weighted by Gasteiger charge is -2.17. The maximum Gasteiger partial charge on any atom is 0.281 e. The lowest BCUT2D eigenvalue weighted by atomic mass is 10.1. The highest BCUT2D eigenvalue weighted by Gasteiger charge is 2.21. The number of halogens is 1. The van der Waals surface area contributed by atoms with Crippen molar-refractivity contribution < 1.29 is 9.59 Å². The number of amides is 2. The molecule has 1 heterocycles. The van der Waals surface area contributed by atoms with Crippen molar-refractivity contribution in [2.24, 2.45) is 0 Å². The monoisotopic (exact) mass is 312 g/mol. The van der Waals surface area contributed by atoms with Gasteiger partial charge in [0.1, 0.15) is 0 Å². The van der Waals surface area contributed by atoms with Crippen LogP contribution in [0.2, 0.25) is 5.02 Å². The maximum absolute atomic E-state index is 11.9. The third-order valence-electron chi connectivity index (χ3n) is 3.18. The molecule has 1 saturated heterocycles. The molecule has 0 radical (unpaired) electrons. The zero-order valence-corrected chi connectivity index (χ0v) is 12.8. The van der Waals surface area contributed by atoms with Gasteiger partial charge < -0.3 is 10.2 Å². The van der Waals surface area contributed by atoms with Crippen LogP contribution in [0.1, 0.15) is 24.9 Å². The van der Waals surface area contributed by atoms with Gasteiger partial charge in [0, 0.05) is 30.3 Å². The Morgan fingerprint density at radius 1 is 1.55 bits per heavy atom. The fourth-order valence-corrected chi connectivity index (χ4v) is 3.09. The summed E-state index contributed by atoms with van der Waals surface area (Å²) in [7, 11) is 0. The highest BCUT2D eigenvalue weighted by atomic mass is 35.5. The molecule has 20 heavy (non-hydrogen) atoms. The highest BCUT2D eigenvalue weighted by Crippen LogP contribution is 2.18. The van der Waals surface area contributed by atoms with E-state index in [1.54, 1.807) is 11.0 Å². The summed E-state index contributed by atoms with van der Waals surface area (Å²) >= 11 is 7.24. The van der Waals surface area contributed by atoms with Crippen LogP contribution in [-0.4, -0.2) is 34.9 Å². The summed E-state index contributed by atoms with van der Waals surface area (Å²) in [6, 6.07) is 7.34.